The van der Waals surface area contributed by atoms with E-state index < -0.39 is 0 Å². The second-order valence-corrected chi connectivity index (χ2v) is 3.69. The summed E-state index contributed by atoms with van der Waals surface area (Å²) in [4.78, 5) is 3.81. The van der Waals surface area contributed by atoms with Gasteiger partial charge in [-0.15, -0.1) is 12.4 Å². The maximum absolute atomic E-state index is 9.14. The van der Waals surface area contributed by atoms with Crippen LogP contribution in [0.1, 0.15) is 19.8 Å². The zero-order valence-corrected chi connectivity index (χ0v) is 10.6. The van der Waals surface area contributed by atoms with Gasteiger partial charge in [-0.3, -0.25) is 0 Å². The largest absolute Gasteiger partial charge is 1.00 e. The van der Waals surface area contributed by atoms with Gasteiger partial charge in [0.05, 0.1) is 19.6 Å². The smallest absolute Gasteiger partial charge is 0.167 e. The van der Waals surface area contributed by atoms with Crippen LogP contribution in [0, 0.1) is 0 Å². The fraction of sp³-hybridized carbons (Fsp3) is 1.00. The number of rotatable bonds is 4. The Bertz CT molecular complexity index is 138. The fourth-order valence-corrected chi connectivity index (χ4v) is 1.92. The van der Waals surface area contributed by atoms with E-state index in [1.807, 2.05) is 0 Å². The highest BCUT2D eigenvalue weighted by molar-refractivity contribution is 5.85. The van der Waals surface area contributed by atoms with E-state index >= 15 is 0 Å². The molecular formula is C9H22Cl2N2O. The second kappa shape index (κ2) is 8.74. The molecule has 14 heavy (non-hydrogen) atoms. The average molecular weight is 245 g/mol. The van der Waals surface area contributed by atoms with Crippen LogP contribution in [0.3, 0.4) is 0 Å². The van der Waals surface area contributed by atoms with Gasteiger partial charge >= 0.3 is 0 Å². The molecule has 1 fully saturated rings. The molecule has 0 aliphatic carbocycles. The maximum atomic E-state index is 9.14. The number of likely N-dealkylation sites (N-methyl/N-ethyl adjacent to an activating group) is 1. The van der Waals surface area contributed by atoms with Crippen LogP contribution in [0.4, 0.5) is 0 Å². The predicted octanol–water partition coefficient (Wildman–Crippen LogP) is -3.64. The van der Waals surface area contributed by atoms with Crippen molar-refractivity contribution < 1.29 is 22.4 Å². The van der Waals surface area contributed by atoms with Crippen LogP contribution in [-0.4, -0.2) is 49.5 Å². The first-order valence-corrected chi connectivity index (χ1v) is 4.95. The van der Waals surface area contributed by atoms with Crippen molar-refractivity contribution in [2.75, 3.05) is 33.3 Å². The Morgan fingerprint density at radius 2 is 2.14 bits per heavy atom. The maximum Gasteiger partial charge on any atom is 0.167 e. The molecule has 0 aromatic rings. The summed E-state index contributed by atoms with van der Waals surface area (Å²) in [6, 6.07) is 0. The van der Waals surface area contributed by atoms with Crippen molar-refractivity contribution in [1.29, 1.82) is 0 Å². The Morgan fingerprint density at radius 1 is 1.50 bits per heavy atom. The molecule has 0 aromatic heterocycles. The third kappa shape index (κ3) is 4.32. The second-order valence-electron chi connectivity index (χ2n) is 3.69. The van der Waals surface area contributed by atoms with Crippen LogP contribution in [0.15, 0.2) is 0 Å². The van der Waals surface area contributed by atoms with Crippen LogP contribution in [-0.2, 0) is 0 Å². The van der Waals surface area contributed by atoms with Gasteiger partial charge in [0, 0.05) is 0 Å². The van der Waals surface area contributed by atoms with Gasteiger partial charge in [0.15, 0.2) is 6.17 Å². The van der Waals surface area contributed by atoms with Gasteiger partial charge in [-0.1, -0.05) is 13.3 Å². The molecule has 3 nitrogen and oxygen atoms in total. The normalized spacial score (nSPS) is 26.8. The highest BCUT2D eigenvalue weighted by Crippen LogP contribution is 1.93. The van der Waals surface area contributed by atoms with Gasteiger partial charge in [0.1, 0.15) is 6.61 Å². The molecular weight excluding hydrogens is 223 g/mol. The first kappa shape index (κ1) is 16.9. The van der Waals surface area contributed by atoms with Gasteiger partial charge in [0.2, 0.25) is 0 Å². The molecule has 1 aliphatic rings. The molecule has 1 heterocycles. The van der Waals surface area contributed by atoms with Crippen LogP contribution >= 0.6 is 12.4 Å². The summed E-state index contributed by atoms with van der Waals surface area (Å²) in [5.74, 6) is 0. The highest BCUT2D eigenvalue weighted by atomic mass is 35.5. The highest BCUT2D eigenvalue weighted by Gasteiger charge is 2.31. The monoisotopic (exact) mass is 244 g/mol. The number of halogens is 2. The summed E-state index contributed by atoms with van der Waals surface area (Å²) in [6.07, 6.45) is 2.89. The molecule has 0 bridgehead atoms. The van der Waals surface area contributed by atoms with Crippen molar-refractivity contribution in [2.45, 2.75) is 25.9 Å². The van der Waals surface area contributed by atoms with Crippen molar-refractivity contribution in [3.8, 4) is 0 Å². The van der Waals surface area contributed by atoms with E-state index in [4.69, 9.17) is 5.11 Å². The molecule has 0 spiro atoms. The molecule has 1 saturated heterocycles. The lowest BCUT2D eigenvalue weighted by molar-refractivity contribution is -0.918. The molecule has 2 N–H and O–H groups in total. The lowest BCUT2D eigenvalue weighted by Gasteiger charge is -2.22. The Labute approximate surface area is 99.3 Å². The molecule has 5 heteroatoms. The molecule has 2 unspecified atom stereocenters. The zero-order valence-electron chi connectivity index (χ0n) is 9.00. The van der Waals surface area contributed by atoms with Crippen molar-refractivity contribution in [3.63, 3.8) is 0 Å². The zero-order chi connectivity index (χ0) is 8.97. The van der Waals surface area contributed by atoms with Crippen LogP contribution in [0.5, 0.6) is 0 Å². The van der Waals surface area contributed by atoms with Gasteiger partial charge in [-0.25, -0.2) is 4.90 Å². The Morgan fingerprint density at radius 3 is 2.64 bits per heavy atom. The molecule has 0 amide bonds. The minimum atomic E-state index is 0. The van der Waals surface area contributed by atoms with Crippen molar-refractivity contribution in [2.24, 2.45) is 0 Å². The van der Waals surface area contributed by atoms with E-state index in [2.05, 4.69) is 18.9 Å². The average Bonchev–Trinajstić information content (AvgIpc) is 2.43. The lowest BCUT2D eigenvalue weighted by atomic mass is 10.3. The minimum absolute atomic E-state index is 0. The number of aliphatic hydroxyl groups excluding tert-OH is 1. The van der Waals surface area contributed by atoms with Gasteiger partial charge in [-0.05, 0) is 13.5 Å². The molecule has 0 aromatic carbocycles. The van der Waals surface area contributed by atoms with E-state index in [0.717, 1.165) is 6.54 Å². The number of nitrogens with one attached hydrogen (secondary N) is 1. The summed E-state index contributed by atoms with van der Waals surface area (Å²) in [6.45, 7) is 6.06. The summed E-state index contributed by atoms with van der Waals surface area (Å²) >= 11 is 0. The Hall–Kier alpha value is 0.460. The Kier molecular flexibility index (Phi) is 10.5. The van der Waals surface area contributed by atoms with Crippen molar-refractivity contribution >= 4 is 12.4 Å². The van der Waals surface area contributed by atoms with Crippen LogP contribution < -0.4 is 17.3 Å². The van der Waals surface area contributed by atoms with E-state index in [1.54, 1.807) is 4.90 Å². The van der Waals surface area contributed by atoms with Crippen LogP contribution in [0.25, 0.3) is 0 Å². The van der Waals surface area contributed by atoms with Crippen molar-refractivity contribution in [1.82, 2.24) is 4.90 Å². The number of hydrogen-bond donors (Lipinski definition) is 2. The summed E-state index contributed by atoms with van der Waals surface area (Å²) < 4.78 is 0. The summed E-state index contributed by atoms with van der Waals surface area (Å²) in [7, 11) is 2.10. The van der Waals surface area contributed by atoms with Gasteiger partial charge < -0.3 is 22.4 Å². The SMILES string of the molecule is CCCC[NH+]1CCN(C)C1CO.Cl.[Cl-]. The van der Waals surface area contributed by atoms with E-state index in [1.165, 1.54) is 25.9 Å². The third-order valence-electron chi connectivity index (χ3n) is 2.81. The fourth-order valence-electron chi connectivity index (χ4n) is 1.92. The van der Waals surface area contributed by atoms with Gasteiger partial charge in [-0.2, -0.15) is 0 Å². The number of nitrogens with zero attached hydrogens (tertiary/aromatic N) is 1. The summed E-state index contributed by atoms with van der Waals surface area (Å²) in [5, 5.41) is 9.14. The molecule has 88 valence electrons. The first-order chi connectivity index (χ1) is 5.79. The standard InChI is InChI=1S/C9H20N2O.2ClH/c1-3-4-5-11-7-6-10(2)9(11)8-12;;/h9,12H,3-8H2,1-2H3;2*1H. The Balaban J connectivity index is 0. The first-order valence-electron chi connectivity index (χ1n) is 4.95. The predicted molar refractivity (Wildman–Crippen MR) is 56.4 cm³/mol. The lowest BCUT2D eigenvalue weighted by Crippen LogP contribution is -3.15. The molecule has 0 radical (unpaired) electrons. The number of aliphatic hydroxyl groups is 1. The number of unbranched alkanes of at least 4 members (excludes halogenated alkanes) is 1. The minimum Gasteiger partial charge on any atom is -1.00 e. The summed E-state index contributed by atoms with van der Waals surface area (Å²) in [5.41, 5.74) is 0. The molecule has 2 atom stereocenters. The van der Waals surface area contributed by atoms with Gasteiger partial charge in [0.25, 0.3) is 0 Å². The quantitative estimate of drug-likeness (QED) is 0.535. The molecule has 0 saturated carbocycles. The third-order valence-corrected chi connectivity index (χ3v) is 2.81. The number of hydrogen-bond acceptors (Lipinski definition) is 2. The molecule has 1 rings (SSSR count). The van der Waals surface area contributed by atoms with E-state index in [0.29, 0.717) is 12.8 Å². The van der Waals surface area contributed by atoms with Crippen LogP contribution in [0.2, 0.25) is 0 Å². The van der Waals surface area contributed by atoms with Crippen molar-refractivity contribution in [3.05, 3.63) is 0 Å². The van der Waals surface area contributed by atoms with E-state index in [9.17, 15) is 0 Å². The molecule has 1 aliphatic heterocycles. The topological polar surface area (TPSA) is 27.9 Å². The van der Waals surface area contributed by atoms with E-state index in [-0.39, 0.29) is 24.8 Å². The number of quaternary nitrogens is 1.